The lowest BCUT2D eigenvalue weighted by molar-refractivity contribution is 0.420. The van der Waals surface area contributed by atoms with E-state index in [1.165, 1.54) is 29.8 Å². The van der Waals surface area contributed by atoms with Gasteiger partial charge in [0.1, 0.15) is 5.82 Å². The third-order valence-corrected chi connectivity index (χ3v) is 6.03. The van der Waals surface area contributed by atoms with Crippen molar-refractivity contribution in [2.24, 2.45) is 5.14 Å². The second-order valence-electron chi connectivity index (χ2n) is 7.06. The molecule has 0 atom stereocenters. The van der Waals surface area contributed by atoms with Crippen molar-refractivity contribution in [2.75, 3.05) is 6.54 Å². The Hall–Kier alpha value is -2.96. The Labute approximate surface area is 170 Å². The number of sulfonamides is 1. The van der Waals surface area contributed by atoms with Gasteiger partial charge in [0, 0.05) is 18.8 Å². The standard InChI is InChI=1S/C23H21FN2O2S/c24-20-10-6-18(7-11-20)22-14-15-26(16-17-4-2-1-3-5-17)23(22)19-8-12-21(13-9-19)29(25,27)28/h1-13H,14-16H2,(H2,25,27,28). The van der Waals surface area contributed by atoms with E-state index in [0.717, 1.165) is 41.9 Å². The van der Waals surface area contributed by atoms with Crippen molar-refractivity contribution in [1.29, 1.82) is 0 Å². The lowest BCUT2D eigenvalue weighted by Crippen LogP contribution is -2.18. The van der Waals surface area contributed by atoms with Crippen LogP contribution < -0.4 is 5.14 Å². The topological polar surface area (TPSA) is 63.4 Å². The summed E-state index contributed by atoms with van der Waals surface area (Å²) in [6.07, 6.45) is 0.824. The van der Waals surface area contributed by atoms with Gasteiger partial charge < -0.3 is 4.90 Å². The molecule has 4 rings (SSSR count). The molecule has 0 saturated heterocycles. The fourth-order valence-corrected chi connectivity index (χ4v) is 4.24. The Kier molecular flexibility index (Phi) is 5.22. The van der Waals surface area contributed by atoms with Crippen LogP contribution in [0.2, 0.25) is 0 Å². The van der Waals surface area contributed by atoms with Crippen LogP contribution in [-0.2, 0) is 16.6 Å². The predicted molar refractivity (Wildman–Crippen MR) is 112 cm³/mol. The van der Waals surface area contributed by atoms with E-state index < -0.39 is 10.0 Å². The first-order valence-corrected chi connectivity index (χ1v) is 10.9. The molecule has 1 heterocycles. The molecule has 1 aliphatic heterocycles. The molecule has 3 aromatic carbocycles. The molecular formula is C23H21FN2O2S. The average molecular weight is 408 g/mol. The molecule has 0 radical (unpaired) electrons. The van der Waals surface area contributed by atoms with Crippen molar-refractivity contribution in [1.82, 2.24) is 4.90 Å². The minimum atomic E-state index is -3.75. The van der Waals surface area contributed by atoms with E-state index in [9.17, 15) is 12.8 Å². The van der Waals surface area contributed by atoms with Crippen molar-refractivity contribution in [3.8, 4) is 0 Å². The van der Waals surface area contributed by atoms with E-state index >= 15 is 0 Å². The first-order chi connectivity index (χ1) is 13.9. The number of nitrogens with two attached hydrogens (primary N) is 1. The van der Waals surface area contributed by atoms with Crippen molar-refractivity contribution < 1.29 is 12.8 Å². The van der Waals surface area contributed by atoms with Gasteiger partial charge in [-0.15, -0.1) is 0 Å². The zero-order chi connectivity index (χ0) is 20.4. The first-order valence-electron chi connectivity index (χ1n) is 9.33. The van der Waals surface area contributed by atoms with Gasteiger partial charge >= 0.3 is 0 Å². The van der Waals surface area contributed by atoms with Gasteiger partial charge in [-0.3, -0.25) is 0 Å². The summed E-state index contributed by atoms with van der Waals surface area (Å²) < 4.78 is 36.6. The maximum atomic E-state index is 13.4. The van der Waals surface area contributed by atoms with Gasteiger partial charge in [0.2, 0.25) is 10.0 Å². The number of hydrogen-bond acceptors (Lipinski definition) is 3. The van der Waals surface area contributed by atoms with E-state index in [1.807, 2.05) is 18.2 Å². The fraction of sp³-hybridized carbons (Fsp3) is 0.130. The Morgan fingerprint density at radius 1 is 0.862 bits per heavy atom. The van der Waals surface area contributed by atoms with Gasteiger partial charge in [-0.05, 0) is 52.9 Å². The summed E-state index contributed by atoms with van der Waals surface area (Å²) in [5.74, 6) is -0.271. The second kappa shape index (κ2) is 7.81. The van der Waals surface area contributed by atoms with E-state index in [4.69, 9.17) is 5.14 Å². The van der Waals surface area contributed by atoms with E-state index in [0.29, 0.717) is 0 Å². The number of rotatable bonds is 5. The van der Waals surface area contributed by atoms with E-state index in [-0.39, 0.29) is 10.7 Å². The van der Waals surface area contributed by atoms with Crippen LogP contribution in [0.3, 0.4) is 0 Å². The molecule has 148 valence electrons. The zero-order valence-electron chi connectivity index (χ0n) is 15.8. The minimum Gasteiger partial charge on any atom is -0.366 e. The van der Waals surface area contributed by atoms with Crippen LogP contribution in [0.1, 0.15) is 23.1 Å². The monoisotopic (exact) mass is 408 g/mol. The summed E-state index contributed by atoms with van der Waals surface area (Å²) in [7, 11) is -3.75. The summed E-state index contributed by atoms with van der Waals surface area (Å²) in [5.41, 5.74) is 5.20. The summed E-state index contributed by atoms with van der Waals surface area (Å²) in [5, 5.41) is 5.24. The molecule has 6 heteroatoms. The molecule has 0 aromatic heterocycles. The van der Waals surface area contributed by atoms with Crippen LogP contribution in [0.5, 0.6) is 0 Å². The van der Waals surface area contributed by atoms with Crippen LogP contribution in [0, 0.1) is 5.82 Å². The van der Waals surface area contributed by atoms with Gasteiger partial charge in [0.15, 0.2) is 0 Å². The second-order valence-corrected chi connectivity index (χ2v) is 8.62. The summed E-state index contributed by atoms with van der Waals surface area (Å²) in [6.45, 7) is 1.56. The number of hydrogen-bond donors (Lipinski definition) is 1. The lowest BCUT2D eigenvalue weighted by Gasteiger charge is -2.23. The Balaban J connectivity index is 1.78. The third-order valence-electron chi connectivity index (χ3n) is 5.10. The van der Waals surface area contributed by atoms with Gasteiger partial charge in [-0.25, -0.2) is 17.9 Å². The van der Waals surface area contributed by atoms with E-state index in [2.05, 4.69) is 17.0 Å². The third kappa shape index (κ3) is 4.23. The number of benzene rings is 3. The smallest absolute Gasteiger partial charge is 0.238 e. The highest BCUT2D eigenvalue weighted by Crippen LogP contribution is 2.38. The highest BCUT2D eigenvalue weighted by atomic mass is 32.2. The van der Waals surface area contributed by atoms with Gasteiger partial charge in [0.05, 0.1) is 4.90 Å². The van der Waals surface area contributed by atoms with Gasteiger partial charge in [0.25, 0.3) is 0 Å². The SMILES string of the molecule is NS(=O)(=O)c1ccc(C2=C(c3ccc(F)cc3)CCN2Cc2ccccc2)cc1. The maximum absolute atomic E-state index is 13.4. The molecule has 2 N–H and O–H groups in total. The zero-order valence-corrected chi connectivity index (χ0v) is 16.6. The molecule has 3 aromatic rings. The van der Waals surface area contributed by atoms with Crippen molar-refractivity contribution in [3.05, 3.63) is 101 Å². The van der Waals surface area contributed by atoms with Crippen LogP contribution in [0.15, 0.2) is 83.8 Å². The van der Waals surface area contributed by atoms with Crippen LogP contribution >= 0.6 is 0 Å². The summed E-state index contributed by atoms with van der Waals surface area (Å²) in [4.78, 5) is 2.36. The largest absolute Gasteiger partial charge is 0.366 e. The van der Waals surface area contributed by atoms with Crippen molar-refractivity contribution >= 4 is 21.3 Å². The molecule has 4 nitrogen and oxygen atoms in total. The predicted octanol–water partition coefficient (Wildman–Crippen LogP) is 4.25. The number of nitrogens with zero attached hydrogens (tertiary/aromatic N) is 1. The molecule has 0 amide bonds. The molecule has 0 unspecified atom stereocenters. The Morgan fingerprint density at radius 3 is 2.10 bits per heavy atom. The normalized spacial score (nSPS) is 14.5. The van der Waals surface area contributed by atoms with Crippen LogP contribution in [0.25, 0.3) is 11.3 Å². The molecule has 0 bridgehead atoms. The molecule has 0 aliphatic carbocycles. The maximum Gasteiger partial charge on any atom is 0.238 e. The van der Waals surface area contributed by atoms with Gasteiger partial charge in [-0.1, -0.05) is 54.6 Å². The average Bonchev–Trinajstić information content (AvgIpc) is 3.12. The van der Waals surface area contributed by atoms with Gasteiger partial charge in [-0.2, -0.15) is 0 Å². The number of primary sulfonamides is 1. The minimum absolute atomic E-state index is 0.0813. The van der Waals surface area contributed by atoms with Crippen molar-refractivity contribution in [2.45, 2.75) is 17.9 Å². The summed E-state index contributed by atoms with van der Waals surface area (Å²) >= 11 is 0. The molecule has 1 aliphatic rings. The quantitative estimate of drug-likeness (QED) is 0.687. The Morgan fingerprint density at radius 2 is 1.48 bits per heavy atom. The van der Waals surface area contributed by atoms with Crippen molar-refractivity contribution in [3.63, 3.8) is 0 Å². The molecule has 0 spiro atoms. The molecule has 0 saturated carbocycles. The van der Waals surface area contributed by atoms with Crippen LogP contribution in [0.4, 0.5) is 4.39 Å². The first kappa shape index (κ1) is 19.4. The molecular weight excluding hydrogens is 387 g/mol. The Bertz CT molecular complexity index is 1140. The molecule has 29 heavy (non-hydrogen) atoms. The fourth-order valence-electron chi connectivity index (χ4n) is 3.72. The lowest BCUT2D eigenvalue weighted by atomic mass is 9.99. The highest BCUT2D eigenvalue weighted by Gasteiger charge is 2.25. The van der Waals surface area contributed by atoms with Crippen LogP contribution in [-0.4, -0.2) is 19.9 Å². The number of halogens is 1. The van der Waals surface area contributed by atoms with E-state index in [1.54, 1.807) is 24.3 Å². The highest BCUT2D eigenvalue weighted by molar-refractivity contribution is 7.89. The summed E-state index contributed by atoms with van der Waals surface area (Å²) in [6, 6.07) is 23.3. The molecule has 0 fully saturated rings.